The number of hydrogen-bond donors (Lipinski definition) is 2. The molecule has 0 unspecified atom stereocenters. The molecule has 84 valence electrons. The maximum Gasteiger partial charge on any atom is 0.225 e. The SMILES string of the molecule is COc1cc(Nc2ncc(C)s2)nc(N)n1. The zero-order valence-corrected chi connectivity index (χ0v) is 9.71. The Morgan fingerprint density at radius 3 is 2.88 bits per heavy atom. The number of ether oxygens (including phenoxy) is 1. The maximum atomic E-state index is 5.53. The third-order valence-electron chi connectivity index (χ3n) is 1.79. The van der Waals surface area contributed by atoms with Crippen molar-refractivity contribution in [1.29, 1.82) is 0 Å². The summed E-state index contributed by atoms with van der Waals surface area (Å²) in [6.45, 7) is 1.98. The predicted octanol–water partition coefficient (Wildman–Crippen LogP) is 1.58. The van der Waals surface area contributed by atoms with Crippen molar-refractivity contribution in [2.24, 2.45) is 0 Å². The van der Waals surface area contributed by atoms with Crippen molar-refractivity contribution in [2.75, 3.05) is 18.2 Å². The Balaban J connectivity index is 2.24. The molecule has 0 aromatic carbocycles. The highest BCUT2D eigenvalue weighted by Crippen LogP contribution is 2.22. The lowest BCUT2D eigenvalue weighted by molar-refractivity contribution is 0.398. The van der Waals surface area contributed by atoms with Crippen LogP contribution in [0, 0.1) is 6.92 Å². The molecule has 0 fully saturated rings. The second-order valence-electron chi connectivity index (χ2n) is 3.05. The Labute approximate surface area is 96.5 Å². The number of rotatable bonds is 3. The second-order valence-corrected chi connectivity index (χ2v) is 4.29. The third kappa shape index (κ3) is 2.37. The first-order valence-corrected chi connectivity index (χ1v) is 5.37. The van der Waals surface area contributed by atoms with E-state index in [0.29, 0.717) is 11.7 Å². The van der Waals surface area contributed by atoms with E-state index in [-0.39, 0.29) is 5.95 Å². The first kappa shape index (κ1) is 10.6. The van der Waals surface area contributed by atoms with Gasteiger partial charge in [-0.15, -0.1) is 11.3 Å². The Morgan fingerprint density at radius 2 is 2.25 bits per heavy atom. The molecule has 0 radical (unpaired) electrons. The van der Waals surface area contributed by atoms with E-state index in [1.54, 1.807) is 12.3 Å². The standard InChI is InChI=1S/C9H11N5OS/c1-5-4-11-9(16-5)13-6-3-7(15-2)14-8(10)12-6/h3-4H,1-2H3,(H3,10,11,12,13,14). The number of anilines is 3. The summed E-state index contributed by atoms with van der Waals surface area (Å²) in [7, 11) is 1.53. The summed E-state index contributed by atoms with van der Waals surface area (Å²) in [5.74, 6) is 1.15. The molecule has 2 rings (SSSR count). The molecule has 7 heteroatoms. The van der Waals surface area contributed by atoms with Gasteiger partial charge in [-0.2, -0.15) is 9.97 Å². The molecule has 0 amide bonds. The van der Waals surface area contributed by atoms with Gasteiger partial charge in [-0.3, -0.25) is 0 Å². The number of nitrogens with one attached hydrogen (secondary N) is 1. The summed E-state index contributed by atoms with van der Waals surface area (Å²) in [6.07, 6.45) is 1.79. The second kappa shape index (κ2) is 4.31. The Bertz CT molecular complexity index is 498. The van der Waals surface area contributed by atoms with Crippen LogP contribution in [0.4, 0.5) is 16.9 Å². The molecule has 0 bridgehead atoms. The molecule has 2 heterocycles. The van der Waals surface area contributed by atoms with Crippen molar-refractivity contribution in [3.63, 3.8) is 0 Å². The van der Waals surface area contributed by atoms with Crippen LogP contribution in [-0.4, -0.2) is 22.1 Å². The van der Waals surface area contributed by atoms with Gasteiger partial charge in [0.15, 0.2) is 5.13 Å². The van der Waals surface area contributed by atoms with E-state index in [1.807, 2.05) is 6.92 Å². The van der Waals surface area contributed by atoms with Crippen LogP contribution in [0.2, 0.25) is 0 Å². The van der Waals surface area contributed by atoms with Gasteiger partial charge in [0.1, 0.15) is 5.82 Å². The Kier molecular flexibility index (Phi) is 2.86. The number of nitrogens with zero attached hydrogens (tertiary/aromatic N) is 3. The van der Waals surface area contributed by atoms with Crippen LogP contribution in [-0.2, 0) is 0 Å². The van der Waals surface area contributed by atoms with Crippen molar-refractivity contribution < 1.29 is 4.74 Å². The van der Waals surface area contributed by atoms with Crippen molar-refractivity contribution in [3.05, 3.63) is 17.1 Å². The van der Waals surface area contributed by atoms with Gasteiger partial charge in [-0.05, 0) is 6.92 Å². The minimum Gasteiger partial charge on any atom is -0.481 e. The lowest BCUT2D eigenvalue weighted by Gasteiger charge is -2.04. The fourth-order valence-electron chi connectivity index (χ4n) is 1.13. The highest BCUT2D eigenvalue weighted by atomic mass is 32.1. The lowest BCUT2D eigenvalue weighted by atomic mass is 10.5. The van der Waals surface area contributed by atoms with E-state index in [9.17, 15) is 0 Å². The summed E-state index contributed by atoms with van der Waals surface area (Å²) >= 11 is 1.54. The zero-order valence-electron chi connectivity index (χ0n) is 8.89. The first-order chi connectivity index (χ1) is 7.67. The topological polar surface area (TPSA) is 86.0 Å². The molecule has 0 atom stereocenters. The monoisotopic (exact) mass is 237 g/mol. The van der Waals surface area contributed by atoms with Crippen molar-refractivity contribution in [2.45, 2.75) is 6.92 Å². The molecule has 6 nitrogen and oxygen atoms in total. The average Bonchev–Trinajstić information content (AvgIpc) is 2.63. The first-order valence-electron chi connectivity index (χ1n) is 4.55. The van der Waals surface area contributed by atoms with Crippen molar-refractivity contribution >= 4 is 28.2 Å². The van der Waals surface area contributed by atoms with E-state index >= 15 is 0 Å². The van der Waals surface area contributed by atoms with Crippen LogP contribution in [0.15, 0.2) is 12.3 Å². The van der Waals surface area contributed by atoms with Crippen molar-refractivity contribution in [1.82, 2.24) is 15.0 Å². The average molecular weight is 237 g/mol. The van der Waals surface area contributed by atoms with Crippen LogP contribution >= 0.6 is 11.3 Å². The summed E-state index contributed by atoms with van der Waals surface area (Å²) in [5, 5.41) is 3.80. The largest absolute Gasteiger partial charge is 0.481 e. The number of nitrogens with two attached hydrogens (primary N) is 1. The molecule has 0 aliphatic carbocycles. The van der Waals surface area contributed by atoms with Crippen LogP contribution in [0.25, 0.3) is 0 Å². The maximum absolute atomic E-state index is 5.53. The molecule has 2 aromatic rings. The van der Waals surface area contributed by atoms with E-state index < -0.39 is 0 Å². The van der Waals surface area contributed by atoms with Crippen LogP contribution in [0.5, 0.6) is 5.88 Å². The van der Waals surface area contributed by atoms with E-state index in [2.05, 4.69) is 20.3 Å². The molecule has 0 aliphatic heterocycles. The van der Waals surface area contributed by atoms with E-state index in [0.717, 1.165) is 10.0 Å². The summed E-state index contributed by atoms with van der Waals surface area (Å²) in [5.41, 5.74) is 5.53. The molecule has 2 aromatic heterocycles. The van der Waals surface area contributed by atoms with Gasteiger partial charge in [0.05, 0.1) is 7.11 Å². The van der Waals surface area contributed by atoms with Gasteiger partial charge in [0, 0.05) is 17.1 Å². The highest BCUT2D eigenvalue weighted by molar-refractivity contribution is 7.15. The number of thiazole rings is 1. The molecule has 0 saturated heterocycles. The van der Waals surface area contributed by atoms with E-state index in [4.69, 9.17) is 10.5 Å². The number of nitrogen functional groups attached to an aromatic ring is 1. The molecule has 3 N–H and O–H groups in total. The van der Waals surface area contributed by atoms with Gasteiger partial charge in [0.2, 0.25) is 11.8 Å². The van der Waals surface area contributed by atoms with Gasteiger partial charge in [0.25, 0.3) is 0 Å². The van der Waals surface area contributed by atoms with Crippen molar-refractivity contribution in [3.8, 4) is 5.88 Å². The molecule has 0 saturated carbocycles. The van der Waals surface area contributed by atoms with Crippen LogP contribution < -0.4 is 15.8 Å². The van der Waals surface area contributed by atoms with Gasteiger partial charge < -0.3 is 15.8 Å². The number of methoxy groups -OCH3 is 1. The van der Waals surface area contributed by atoms with Crippen LogP contribution in [0.1, 0.15) is 4.88 Å². The lowest BCUT2D eigenvalue weighted by Crippen LogP contribution is -2.01. The zero-order chi connectivity index (χ0) is 11.5. The van der Waals surface area contributed by atoms with Crippen LogP contribution in [0.3, 0.4) is 0 Å². The van der Waals surface area contributed by atoms with Gasteiger partial charge in [-0.25, -0.2) is 4.98 Å². The minimum absolute atomic E-state index is 0.162. The Morgan fingerprint density at radius 1 is 1.44 bits per heavy atom. The normalized spacial score (nSPS) is 10.1. The summed E-state index contributed by atoms with van der Waals surface area (Å²) in [4.78, 5) is 13.2. The highest BCUT2D eigenvalue weighted by Gasteiger charge is 2.04. The fourth-order valence-corrected chi connectivity index (χ4v) is 1.80. The van der Waals surface area contributed by atoms with Gasteiger partial charge in [-0.1, -0.05) is 0 Å². The summed E-state index contributed by atoms with van der Waals surface area (Å²) < 4.78 is 4.99. The smallest absolute Gasteiger partial charge is 0.225 e. The number of aryl methyl sites for hydroxylation is 1. The molecule has 16 heavy (non-hydrogen) atoms. The molecule has 0 spiro atoms. The Hall–Kier alpha value is -1.89. The molecule has 0 aliphatic rings. The number of hydrogen-bond acceptors (Lipinski definition) is 7. The quantitative estimate of drug-likeness (QED) is 0.842. The predicted molar refractivity (Wildman–Crippen MR) is 63.1 cm³/mol. The third-order valence-corrected chi connectivity index (χ3v) is 2.61. The number of aromatic nitrogens is 3. The van der Waals surface area contributed by atoms with Gasteiger partial charge >= 0.3 is 0 Å². The summed E-state index contributed by atoms with van der Waals surface area (Å²) in [6, 6.07) is 1.66. The molecular formula is C9H11N5OS. The molecular weight excluding hydrogens is 226 g/mol. The van der Waals surface area contributed by atoms with E-state index in [1.165, 1.54) is 18.4 Å². The fraction of sp³-hybridized carbons (Fsp3) is 0.222. The minimum atomic E-state index is 0.162.